The fourth-order valence-electron chi connectivity index (χ4n) is 1.86. The number of ether oxygens (including phenoxy) is 2. The van der Waals surface area contributed by atoms with Crippen LogP contribution in [0, 0.1) is 11.3 Å². The van der Waals surface area contributed by atoms with Crippen LogP contribution in [0.15, 0.2) is 0 Å². The van der Waals surface area contributed by atoms with Crippen molar-refractivity contribution in [2.75, 3.05) is 33.0 Å². The van der Waals surface area contributed by atoms with Crippen molar-refractivity contribution < 1.29 is 50.7 Å². The molecule has 0 spiro atoms. The molecular weight excluding hydrogens is 436 g/mol. The van der Waals surface area contributed by atoms with Crippen LogP contribution in [0.4, 0.5) is 18.0 Å². The Labute approximate surface area is 172 Å². The van der Waals surface area contributed by atoms with Gasteiger partial charge in [0.15, 0.2) is 0 Å². The van der Waals surface area contributed by atoms with Crippen LogP contribution in [0.5, 0.6) is 0 Å². The van der Waals surface area contributed by atoms with Crippen molar-refractivity contribution in [3.05, 3.63) is 0 Å². The molecule has 0 aliphatic rings. The molecule has 10 nitrogen and oxygen atoms in total. The Morgan fingerprint density at radius 3 is 2.03 bits per heavy atom. The molecule has 174 valence electrons. The van der Waals surface area contributed by atoms with Gasteiger partial charge < -0.3 is 19.7 Å². The summed E-state index contributed by atoms with van der Waals surface area (Å²) in [6.45, 7) is -0.302. The molecule has 2 N–H and O–H groups in total. The molecule has 0 fully saturated rings. The van der Waals surface area contributed by atoms with Crippen LogP contribution in [0.25, 0.3) is 0 Å². The lowest BCUT2D eigenvalue weighted by Crippen LogP contribution is -2.37. The number of phosphoric acid groups is 1. The van der Waals surface area contributed by atoms with E-state index in [0.717, 1.165) is 0 Å². The molecule has 1 unspecified atom stereocenters. The van der Waals surface area contributed by atoms with Crippen molar-refractivity contribution in [3.8, 4) is 6.07 Å². The third-order valence-electron chi connectivity index (χ3n) is 3.32. The van der Waals surface area contributed by atoms with Crippen molar-refractivity contribution >= 4 is 19.9 Å². The van der Waals surface area contributed by atoms with Gasteiger partial charge in [0.2, 0.25) is 0 Å². The minimum Gasteiger partial charge on any atom is -0.434 e. The standard InChI is InChI=1S/C16H26F3N2O8P/c17-16(18,19)14(22)21-9-3-6-11-27-15(23)26-10-4-1-2-5-12-28-30(24,25)29-13-7-8-20/h1-7,9-13H2,(H,21,22)(H,24,25). The van der Waals surface area contributed by atoms with Gasteiger partial charge in [0, 0.05) is 6.54 Å². The first-order valence-corrected chi connectivity index (χ1v) is 10.7. The highest BCUT2D eigenvalue weighted by molar-refractivity contribution is 7.47. The maximum Gasteiger partial charge on any atom is 0.508 e. The number of alkyl halides is 3. The van der Waals surface area contributed by atoms with Gasteiger partial charge in [-0.05, 0) is 32.1 Å². The highest BCUT2D eigenvalue weighted by atomic mass is 31.2. The van der Waals surface area contributed by atoms with Crippen LogP contribution in [0.3, 0.4) is 0 Å². The minimum atomic E-state index is -4.92. The Balaban J connectivity index is 3.49. The number of amides is 1. The zero-order valence-electron chi connectivity index (χ0n) is 16.3. The van der Waals surface area contributed by atoms with Crippen LogP contribution in [-0.4, -0.2) is 56.1 Å². The van der Waals surface area contributed by atoms with E-state index >= 15 is 0 Å². The Hall–Kier alpha value is -1.87. The summed E-state index contributed by atoms with van der Waals surface area (Å²) in [6.07, 6.45) is -3.01. The van der Waals surface area contributed by atoms with E-state index in [1.165, 1.54) is 0 Å². The number of carbonyl (C=O) groups excluding carboxylic acids is 2. The first kappa shape index (κ1) is 28.1. The second-order valence-corrected chi connectivity index (χ2v) is 7.32. The molecule has 0 aromatic carbocycles. The molecule has 0 radical (unpaired) electrons. The van der Waals surface area contributed by atoms with Gasteiger partial charge in [-0.15, -0.1) is 0 Å². The Bertz CT molecular complexity index is 598. The van der Waals surface area contributed by atoms with Crippen LogP contribution in [0.1, 0.15) is 44.9 Å². The largest absolute Gasteiger partial charge is 0.508 e. The number of unbranched alkanes of at least 4 members (excludes halogenated alkanes) is 4. The molecule has 0 aromatic heterocycles. The Morgan fingerprint density at radius 2 is 1.47 bits per heavy atom. The van der Waals surface area contributed by atoms with Crippen molar-refractivity contribution in [2.45, 2.75) is 51.1 Å². The summed E-state index contributed by atoms with van der Waals surface area (Å²) >= 11 is 0. The van der Waals surface area contributed by atoms with Crippen molar-refractivity contribution in [1.82, 2.24) is 5.32 Å². The Morgan fingerprint density at radius 1 is 0.933 bits per heavy atom. The van der Waals surface area contributed by atoms with Crippen molar-refractivity contribution in [2.24, 2.45) is 0 Å². The number of rotatable bonds is 16. The molecule has 0 rings (SSSR count). The number of nitrogens with zero attached hydrogens (tertiary/aromatic N) is 1. The van der Waals surface area contributed by atoms with Crippen LogP contribution in [-0.2, 0) is 27.9 Å². The summed E-state index contributed by atoms with van der Waals surface area (Å²) < 4.78 is 66.0. The number of halogens is 3. The number of hydrogen-bond acceptors (Lipinski definition) is 8. The van der Waals surface area contributed by atoms with Gasteiger partial charge in [-0.2, -0.15) is 18.4 Å². The van der Waals surface area contributed by atoms with Gasteiger partial charge in [0.25, 0.3) is 0 Å². The number of hydrogen-bond donors (Lipinski definition) is 2. The van der Waals surface area contributed by atoms with E-state index < -0.39 is 26.1 Å². The Kier molecular flexibility index (Phi) is 14.9. The lowest BCUT2D eigenvalue weighted by Gasteiger charge is -2.11. The molecular formula is C16H26F3N2O8P. The maximum atomic E-state index is 11.9. The van der Waals surface area contributed by atoms with Gasteiger partial charge >= 0.3 is 26.1 Å². The lowest BCUT2D eigenvalue weighted by atomic mass is 10.2. The van der Waals surface area contributed by atoms with E-state index in [4.69, 9.17) is 19.3 Å². The topological polar surface area (TPSA) is 144 Å². The van der Waals surface area contributed by atoms with Gasteiger partial charge in [0.05, 0.1) is 38.9 Å². The molecule has 0 heterocycles. The summed E-state index contributed by atoms with van der Waals surface area (Å²) in [5, 5.41) is 10.0. The van der Waals surface area contributed by atoms with Crippen LogP contribution < -0.4 is 5.32 Å². The SMILES string of the molecule is N#CCCOP(=O)(O)OCCCCCCOC(=O)OCCCCNC(=O)C(F)(F)F. The summed E-state index contributed by atoms with van der Waals surface area (Å²) in [6, 6.07) is 1.77. The van der Waals surface area contributed by atoms with Gasteiger partial charge in [0.1, 0.15) is 0 Å². The molecule has 1 amide bonds. The first-order chi connectivity index (χ1) is 14.1. The highest BCUT2D eigenvalue weighted by Gasteiger charge is 2.38. The number of phosphoric ester groups is 1. The third kappa shape index (κ3) is 17.0. The highest BCUT2D eigenvalue weighted by Crippen LogP contribution is 2.43. The van der Waals surface area contributed by atoms with E-state index in [0.29, 0.717) is 25.7 Å². The summed E-state index contributed by atoms with van der Waals surface area (Å²) in [7, 11) is -4.13. The average Bonchev–Trinajstić information content (AvgIpc) is 2.65. The summed E-state index contributed by atoms with van der Waals surface area (Å²) in [5.74, 6) is -2.01. The molecule has 0 aliphatic heterocycles. The zero-order valence-corrected chi connectivity index (χ0v) is 17.2. The first-order valence-electron chi connectivity index (χ1n) is 9.22. The van der Waals surface area contributed by atoms with E-state index in [-0.39, 0.29) is 52.2 Å². The minimum absolute atomic E-state index is 0.00660. The fourth-order valence-corrected chi connectivity index (χ4v) is 2.62. The molecule has 0 saturated heterocycles. The third-order valence-corrected chi connectivity index (χ3v) is 4.33. The molecule has 0 saturated carbocycles. The lowest BCUT2D eigenvalue weighted by molar-refractivity contribution is -0.173. The normalized spacial score (nSPS) is 13.2. The smallest absolute Gasteiger partial charge is 0.434 e. The summed E-state index contributed by atoms with van der Waals surface area (Å²) in [5.41, 5.74) is 0. The van der Waals surface area contributed by atoms with Crippen molar-refractivity contribution in [3.63, 3.8) is 0 Å². The van der Waals surface area contributed by atoms with E-state index in [1.807, 2.05) is 0 Å². The second-order valence-electron chi connectivity index (χ2n) is 5.87. The van der Waals surface area contributed by atoms with Crippen LogP contribution >= 0.6 is 7.82 Å². The average molecular weight is 462 g/mol. The number of nitrogens with one attached hydrogen (secondary N) is 1. The zero-order chi connectivity index (χ0) is 22.9. The predicted molar refractivity (Wildman–Crippen MR) is 96.0 cm³/mol. The quantitative estimate of drug-likeness (QED) is 0.201. The molecule has 30 heavy (non-hydrogen) atoms. The predicted octanol–water partition coefficient (Wildman–Crippen LogP) is 3.21. The van der Waals surface area contributed by atoms with Crippen molar-refractivity contribution in [1.29, 1.82) is 5.26 Å². The van der Waals surface area contributed by atoms with E-state index in [1.54, 1.807) is 11.4 Å². The molecule has 0 bridgehead atoms. The van der Waals surface area contributed by atoms with Gasteiger partial charge in [-0.1, -0.05) is 6.42 Å². The second kappa shape index (κ2) is 15.9. The van der Waals surface area contributed by atoms with E-state index in [9.17, 15) is 32.2 Å². The van der Waals surface area contributed by atoms with Gasteiger partial charge in [-0.3, -0.25) is 13.8 Å². The molecule has 0 aliphatic carbocycles. The molecule has 14 heteroatoms. The fraction of sp³-hybridized carbons (Fsp3) is 0.812. The monoisotopic (exact) mass is 462 g/mol. The molecule has 1 atom stereocenters. The molecule has 0 aromatic rings. The van der Waals surface area contributed by atoms with E-state index in [2.05, 4.69) is 4.52 Å². The van der Waals surface area contributed by atoms with Crippen LogP contribution in [0.2, 0.25) is 0 Å². The summed E-state index contributed by atoms with van der Waals surface area (Å²) in [4.78, 5) is 31.1. The number of nitriles is 1. The van der Waals surface area contributed by atoms with Gasteiger partial charge in [-0.25, -0.2) is 9.36 Å². The number of carbonyl (C=O) groups is 2. The maximum absolute atomic E-state index is 11.9.